The van der Waals surface area contributed by atoms with Gasteiger partial charge in [0.25, 0.3) is 0 Å². The maximum Gasteiger partial charge on any atom is 0.224 e. The Morgan fingerprint density at radius 2 is 2.20 bits per heavy atom. The maximum absolute atomic E-state index is 13.7. The van der Waals surface area contributed by atoms with E-state index in [0.717, 1.165) is 16.9 Å². The highest BCUT2D eigenvalue weighted by molar-refractivity contribution is 7.15. The van der Waals surface area contributed by atoms with E-state index in [1.165, 1.54) is 17.0 Å². The number of carbonyl (C=O) groups excluding carboxylic acids is 1. The van der Waals surface area contributed by atoms with Gasteiger partial charge < -0.3 is 5.32 Å². The van der Waals surface area contributed by atoms with Crippen LogP contribution in [0.5, 0.6) is 0 Å². The molecule has 1 amide bonds. The van der Waals surface area contributed by atoms with Gasteiger partial charge in [-0.15, -0.1) is 11.3 Å². The summed E-state index contributed by atoms with van der Waals surface area (Å²) >= 11 is 7.62. The first-order valence-corrected chi connectivity index (χ1v) is 8.99. The van der Waals surface area contributed by atoms with E-state index in [0.29, 0.717) is 6.54 Å². The zero-order valence-electron chi connectivity index (χ0n) is 13.6. The van der Waals surface area contributed by atoms with Gasteiger partial charge in [-0.2, -0.15) is 5.10 Å². The summed E-state index contributed by atoms with van der Waals surface area (Å²) < 4.78 is 15.5. The number of thiophene rings is 1. The molecule has 3 aromatic rings. The Morgan fingerprint density at radius 1 is 1.36 bits per heavy atom. The van der Waals surface area contributed by atoms with Gasteiger partial charge in [-0.3, -0.25) is 9.48 Å². The number of rotatable bonds is 6. The highest BCUT2D eigenvalue weighted by atomic mass is 35.5. The lowest BCUT2D eigenvalue weighted by atomic mass is 10.1. The number of aryl methyl sites for hydroxylation is 1. The molecule has 0 fully saturated rings. The van der Waals surface area contributed by atoms with Gasteiger partial charge in [-0.05, 0) is 30.7 Å². The smallest absolute Gasteiger partial charge is 0.224 e. The third-order valence-electron chi connectivity index (χ3n) is 3.74. The fourth-order valence-corrected chi connectivity index (χ4v) is 3.68. The lowest BCUT2D eigenvalue weighted by Gasteiger charge is -2.07. The second kappa shape index (κ2) is 7.80. The van der Waals surface area contributed by atoms with Crippen LogP contribution in [0, 0.1) is 5.82 Å². The third kappa shape index (κ3) is 4.46. The summed E-state index contributed by atoms with van der Waals surface area (Å²) in [4.78, 5) is 14.3. The quantitative estimate of drug-likeness (QED) is 0.709. The molecule has 1 aromatic carbocycles. The number of amides is 1. The maximum atomic E-state index is 13.7. The minimum absolute atomic E-state index is 0.0586. The predicted molar refractivity (Wildman–Crippen MR) is 98.3 cm³/mol. The normalized spacial score (nSPS) is 10.8. The molecule has 0 aliphatic heterocycles. The van der Waals surface area contributed by atoms with Crippen LogP contribution in [-0.2, 0) is 24.7 Å². The van der Waals surface area contributed by atoms with Crippen molar-refractivity contribution in [3.05, 3.63) is 64.0 Å². The largest absolute Gasteiger partial charge is 0.355 e. The topological polar surface area (TPSA) is 46.9 Å². The van der Waals surface area contributed by atoms with Crippen molar-refractivity contribution in [2.75, 3.05) is 6.54 Å². The summed E-state index contributed by atoms with van der Waals surface area (Å²) in [6, 6.07) is 8.51. The summed E-state index contributed by atoms with van der Waals surface area (Å²) in [5.41, 5.74) is 1.31. The Morgan fingerprint density at radius 3 is 2.92 bits per heavy atom. The van der Waals surface area contributed by atoms with Crippen LogP contribution in [-0.4, -0.2) is 22.2 Å². The van der Waals surface area contributed by atoms with E-state index in [-0.39, 0.29) is 22.9 Å². The highest BCUT2D eigenvalue weighted by Gasteiger charge is 2.12. The molecule has 0 radical (unpaired) electrons. The summed E-state index contributed by atoms with van der Waals surface area (Å²) in [6.07, 6.45) is 4.46. The minimum Gasteiger partial charge on any atom is -0.355 e. The second-order valence-corrected chi connectivity index (χ2v) is 7.22. The summed E-state index contributed by atoms with van der Waals surface area (Å²) in [7, 11) is 1.88. The van der Waals surface area contributed by atoms with Crippen LogP contribution in [0.1, 0.15) is 10.4 Å². The Balaban J connectivity index is 1.51. The molecular formula is C18H17ClFN3OS. The van der Waals surface area contributed by atoms with Crippen molar-refractivity contribution in [2.45, 2.75) is 12.8 Å². The molecule has 25 heavy (non-hydrogen) atoms. The van der Waals surface area contributed by atoms with Crippen LogP contribution >= 0.6 is 22.9 Å². The van der Waals surface area contributed by atoms with Gasteiger partial charge in [-0.1, -0.05) is 17.7 Å². The molecule has 0 atom stereocenters. The molecule has 2 heterocycles. The van der Waals surface area contributed by atoms with Gasteiger partial charge in [0.15, 0.2) is 0 Å². The number of nitrogens with one attached hydrogen (secondary N) is 1. The lowest BCUT2D eigenvalue weighted by molar-refractivity contribution is -0.120. The first kappa shape index (κ1) is 17.6. The van der Waals surface area contributed by atoms with Crippen molar-refractivity contribution in [1.82, 2.24) is 15.1 Å². The van der Waals surface area contributed by atoms with Gasteiger partial charge >= 0.3 is 0 Å². The zero-order chi connectivity index (χ0) is 17.8. The summed E-state index contributed by atoms with van der Waals surface area (Å²) in [5, 5.41) is 7.25. The number of hydrogen-bond acceptors (Lipinski definition) is 3. The average Bonchev–Trinajstić information content (AvgIpc) is 3.20. The molecule has 7 heteroatoms. The SMILES string of the molecule is Cn1cc(-c2ccc(CCNC(=O)Cc3c(F)cccc3Cl)s2)cn1. The molecule has 4 nitrogen and oxygen atoms in total. The standard InChI is InChI=1S/C18H17ClFN3OS/c1-23-11-12(10-22-23)17-6-5-13(25-17)7-8-21-18(24)9-14-15(19)3-2-4-16(14)20/h2-6,10-11H,7-9H2,1H3,(H,21,24). The van der Waals surface area contributed by atoms with Crippen LogP contribution in [0.2, 0.25) is 5.02 Å². The number of hydrogen-bond donors (Lipinski definition) is 1. The van der Waals surface area contributed by atoms with Crippen LogP contribution < -0.4 is 5.32 Å². The third-order valence-corrected chi connectivity index (χ3v) is 5.29. The molecule has 0 aliphatic carbocycles. The molecule has 130 valence electrons. The Bertz CT molecular complexity index is 870. The fraction of sp³-hybridized carbons (Fsp3) is 0.222. The van der Waals surface area contributed by atoms with Crippen molar-refractivity contribution in [3.8, 4) is 10.4 Å². The molecule has 0 saturated heterocycles. The van der Waals surface area contributed by atoms with E-state index >= 15 is 0 Å². The fourth-order valence-electron chi connectivity index (χ4n) is 2.47. The number of aromatic nitrogens is 2. The lowest BCUT2D eigenvalue weighted by Crippen LogP contribution is -2.27. The highest BCUT2D eigenvalue weighted by Crippen LogP contribution is 2.27. The number of nitrogens with zero attached hydrogens (tertiary/aromatic N) is 2. The van der Waals surface area contributed by atoms with E-state index in [1.807, 2.05) is 25.5 Å². The van der Waals surface area contributed by atoms with Gasteiger partial charge in [-0.25, -0.2) is 4.39 Å². The van der Waals surface area contributed by atoms with Crippen LogP contribution in [0.15, 0.2) is 42.7 Å². The van der Waals surface area contributed by atoms with Gasteiger partial charge in [0, 0.05) is 45.7 Å². The first-order chi connectivity index (χ1) is 12.0. The van der Waals surface area contributed by atoms with E-state index in [9.17, 15) is 9.18 Å². The Labute approximate surface area is 154 Å². The first-order valence-electron chi connectivity index (χ1n) is 7.80. The molecule has 0 bridgehead atoms. The average molecular weight is 378 g/mol. The zero-order valence-corrected chi connectivity index (χ0v) is 15.2. The second-order valence-electron chi connectivity index (χ2n) is 5.65. The van der Waals surface area contributed by atoms with Crippen molar-refractivity contribution < 1.29 is 9.18 Å². The number of halogens is 2. The Kier molecular flexibility index (Phi) is 5.50. The predicted octanol–water partition coefficient (Wildman–Crippen LogP) is 3.84. The minimum atomic E-state index is -0.456. The van der Waals surface area contributed by atoms with E-state index in [1.54, 1.807) is 22.1 Å². The van der Waals surface area contributed by atoms with Crippen molar-refractivity contribution in [2.24, 2.45) is 7.05 Å². The van der Waals surface area contributed by atoms with Crippen molar-refractivity contribution in [1.29, 1.82) is 0 Å². The molecule has 0 saturated carbocycles. The summed E-state index contributed by atoms with van der Waals surface area (Å²) in [5.74, 6) is -0.696. The Hall–Kier alpha value is -2.18. The number of benzene rings is 1. The molecule has 0 aliphatic rings. The molecule has 2 aromatic heterocycles. The molecule has 0 spiro atoms. The van der Waals surface area contributed by atoms with Gasteiger partial charge in [0.2, 0.25) is 5.91 Å². The van der Waals surface area contributed by atoms with E-state index in [2.05, 4.69) is 16.5 Å². The monoisotopic (exact) mass is 377 g/mol. The molecule has 3 rings (SSSR count). The van der Waals surface area contributed by atoms with E-state index < -0.39 is 5.82 Å². The number of carbonyl (C=O) groups is 1. The molecule has 0 unspecified atom stereocenters. The van der Waals surface area contributed by atoms with Gasteiger partial charge in [0.05, 0.1) is 12.6 Å². The molecule has 1 N–H and O–H groups in total. The molecular weight excluding hydrogens is 361 g/mol. The summed E-state index contributed by atoms with van der Waals surface area (Å²) in [6.45, 7) is 0.498. The van der Waals surface area contributed by atoms with E-state index in [4.69, 9.17) is 11.6 Å². The van der Waals surface area contributed by atoms with Crippen LogP contribution in [0.4, 0.5) is 4.39 Å². The van der Waals surface area contributed by atoms with Crippen molar-refractivity contribution in [3.63, 3.8) is 0 Å². The van der Waals surface area contributed by atoms with Crippen molar-refractivity contribution >= 4 is 28.8 Å². The van der Waals surface area contributed by atoms with Gasteiger partial charge in [0.1, 0.15) is 5.82 Å². The van der Waals surface area contributed by atoms with Crippen LogP contribution in [0.3, 0.4) is 0 Å². The van der Waals surface area contributed by atoms with Crippen LogP contribution in [0.25, 0.3) is 10.4 Å².